The van der Waals surface area contributed by atoms with Crippen LogP contribution in [0.1, 0.15) is 17.2 Å². The summed E-state index contributed by atoms with van der Waals surface area (Å²) in [6, 6.07) is 21.5. The zero-order chi connectivity index (χ0) is 14.7. The van der Waals surface area contributed by atoms with Gasteiger partial charge >= 0.3 is 0 Å². The van der Waals surface area contributed by atoms with E-state index in [1.165, 1.54) is 22.4 Å². The first-order chi connectivity index (χ1) is 10.3. The highest BCUT2D eigenvalue weighted by molar-refractivity contribution is 5.85. The molecule has 0 radical (unpaired) electrons. The van der Waals surface area contributed by atoms with Gasteiger partial charge in [0.2, 0.25) is 0 Å². The van der Waals surface area contributed by atoms with Gasteiger partial charge in [-0.05, 0) is 35.9 Å². The zero-order valence-electron chi connectivity index (χ0n) is 12.0. The van der Waals surface area contributed by atoms with E-state index in [0.29, 0.717) is 5.56 Å². The highest BCUT2D eigenvalue weighted by Crippen LogP contribution is 2.25. The standard InChI is InChI=1S/C19H18FN/c1-21-19(17-11-4-5-12-18(17)20)13-15-9-6-8-14-7-2-3-10-16(14)15/h2-12,19,21H,13H2,1H3. The molecule has 0 amide bonds. The van der Waals surface area contributed by atoms with Gasteiger partial charge in [-0.2, -0.15) is 0 Å². The monoisotopic (exact) mass is 279 g/mol. The summed E-state index contributed by atoms with van der Waals surface area (Å²) in [6.07, 6.45) is 0.763. The number of hydrogen-bond donors (Lipinski definition) is 1. The Hall–Kier alpha value is -2.19. The van der Waals surface area contributed by atoms with Crippen molar-refractivity contribution in [1.82, 2.24) is 5.32 Å². The molecule has 0 saturated carbocycles. The van der Waals surface area contributed by atoms with Crippen LogP contribution in [0, 0.1) is 5.82 Å². The van der Waals surface area contributed by atoms with Crippen LogP contribution in [-0.2, 0) is 6.42 Å². The van der Waals surface area contributed by atoms with E-state index in [2.05, 4.69) is 35.6 Å². The second-order valence-electron chi connectivity index (χ2n) is 5.21. The fourth-order valence-electron chi connectivity index (χ4n) is 2.82. The Balaban J connectivity index is 1.98. The molecule has 106 valence electrons. The molecule has 0 heterocycles. The van der Waals surface area contributed by atoms with E-state index in [9.17, 15) is 4.39 Å². The molecule has 0 saturated heterocycles. The summed E-state index contributed by atoms with van der Waals surface area (Å²) in [6.45, 7) is 0. The van der Waals surface area contributed by atoms with Crippen molar-refractivity contribution in [2.24, 2.45) is 0 Å². The third kappa shape index (κ3) is 2.81. The van der Waals surface area contributed by atoms with E-state index >= 15 is 0 Å². The summed E-state index contributed by atoms with van der Waals surface area (Å²) in [5.41, 5.74) is 1.95. The maximum Gasteiger partial charge on any atom is 0.127 e. The molecular formula is C19H18FN. The van der Waals surface area contributed by atoms with Crippen molar-refractivity contribution in [2.45, 2.75) is 12.5 Å². The van der Waals surface area contributed by atoms with Crippen LogP contribution in [-0.4, -0.2) is 7.05 Å². The van der Waals surface area contributed by atoms with E-state index in [1.807, 2.05) is 31.3 Å². The molecule has 3 aromatic rings. The van der Waals surface area contributed by atoms with Gasteiger partial charge in [0.25, 0.3) is 0 Å². The first-order valence-corrected chi connectivity index (χ1v) is 7.18. The van der Waals surface area contributed by atoms with Crippen molar-refractivity contribution < 1.29 is 4.39 Å². The lowest BCUT2D eigenvalue weighted by Crippen LogP contribution is -2.20. The summed E-state index contributed by atoms with van der Waals surface area (Å²) in [5.74, 6) is -0.155. The maximum atomic E-state index is 14.0. The number of hydrogen-bond acceptors (Lipinski definition) is 1. The molecule has 0 spiro atoms. The normalized spacial score (nSPS) is 12.5. The van der Waals surface area contributed by atoms with Gasteiger partial charge in [0, 0.05) is 11.6 Å². The highest BCUT2D eigenvalue weighted by Gasteiger charge is 2.15. The maximum absolute atomic E-state index is 14.0. The van der Waals surface area contributed by atoms with Gasteiger partial charge in [-0.25, -0.2) is 4.39 Å². The van der Waals surface area contributed by atoms with E-state index in [1.54, 1.807) is 6.07 Å². The van der Waals surface area contributed by atoms with Crippen LogP contribution in [0.2, 0.25) is 0 Å². The number of halogens is 1. The van der Waals surface area contributed by atoms with E-state index in [0.717, 1.165) is 6.42 Å². The third-order valence-electron chi connectivity index (χ3n) is 3.93. The lowest BCUT2D eigenvalue weighted by atomic mass is 9.95. The minimum atomic E-state index is -0.155. The number of likely N-dealkylation sites (N-methyl/N-ethyl adjacent to an activating group) is 1. The minimum absolute atomic E-state index is 0.0305. The van der Waals surface area contributed by atoms with Gasteiger partial charge < -0.3 is 5.32 Å². The van der Waals surface area contributed by atoms with Crippen LogP contribution in [0.4, 0.5) is 4.39 Å². The molecule has 1 N–H and O–H groups in total. The number of benzene rings is 3. The lowest BCUT2D eigenvalue weighted by Gasteiger charge is -2.18. The molecule has 1 unspecified atom stereocenters. The van der Waals surface area contributed by atoms with Crippen molar-refractivity contribution >= 4 is 10.8 Å². The Kier molecular flexibility index (Phi) is 3.98. The summed E-state index contributed by atoms with van der Waals surface area (Å²) in [7, 11) is 1.88. The fraction of sp³-hybridized carbons (Fsp3) is 0.158. The van der Waals surface area contributed by atoms with Gasteiger partial charge in [0.15, 0.2) is 0 Å². The van der Waals surface area contributed by atoms with Gasteiger partial charge in [-0.3, -0.25) is 0 Å². The van der Waals surface area contributed by atoms with Crippen molar-refractivity contribution in [3.05, 3.63) is 83.7 Å². The quantitative estimate of drug-likeness (QED) is 0.742. The fourth-order valence-corrected chi connectivity index (χ4v) is 2.82. The van der Waals surface area contributed by atoms with Crippen molar-refractivity contribution in [2.75, 3.05) is 7.05 Å². The molecule has 1 nitrogen and oxygen atoms in total. The molecular weight excluding hydrogens is 261 g/mol. The largest absolute Gasteiger partial charge is 0.313 e. The smallest absolute Gasteiger partial charge is 0.127 e. The lowest BCUT2D eigenvalue weighted by molar-refractivity contribution is 0.535. The van der Waals surface area contributed by atoms with Gasteiger partial charge in [-0.15, -0.1) is 0 Å². The average molecular weight is 279 g/mol. The minimum Gasteiger partial charge on any atom is -0.313 e. The number of nitrogens with one attached hydrogen (secondary N) is 1. The Labute approximate surface area is 124 Å². The molecule has 0 aliphatic rings. The Morgan fingerprint density at radius 2 is 1.62 bits per heavy atom. The Morgan fingerprint density at radius 3 is 2.43 bits per heavy atom. The SMILES string of the molecule is CNC(Cc1cccc2ccccc12)c1ccccc1F. The highest BCUT2D eigenvalue weighted by atomic mass is 19.1. The van der Waals surface area contributed by atoms with Gasteiger partial charge in [0.05, 0.1) is 0 Å². The summed E-state index contributed by atoms with van der Waals surface area (Å²) in [5, 5.41) is 5.69. The van der Waals surface area contributed by atoms with Crippen LogP contribution in [0.15, 0.2) is 66.7 Å². The molecule has 0 fully saturated rings. The van der Waals surface area contributed by atoms with Crippen molar-refractivity contribution in [3.8, 4) is 0 Å². The number of fused-ring (bicyclic) bond motifs is 1. The molecule has 21 heavy (non-hydrogen) atoms. The predicted octanol–water partition coefficient (Wildman–Crippen LogP) is 4.48. The first kappa shape index (κ1) is 13.8. The van der Waals surface area contributed by atoms with Crippen LogP contribution < -0.4 is 5.32 Å². The third-order valence-corrected chi connectivity index (χ3v) is 3.93. The van der Waals surface area contributed by atoms with Crippen LogP contribution in [0.5, 0.6) is 0 Å². The van der Waals surface area contributed by atoms with Crippen molar-refractivity contribution in [1.29, 1.82) is 0 Å². The molecule has 0 aliphatic heterocycles. The summed E-state index contributed by atoms with van der Waals surface area (Å²) >= 11 is 0. The first-order valence-electron chi connectivity index (χ1n) is 7.18. The molecule has 0 aromatic heterocycles. The van der Waals surface area contributed by atoms with Crippen LogP contribution in [0.3, 0.4) is 0 Å². The zero-order valence-corrected chi connectivity index (χ0v) is 12.0. The average Bonchev–Trinajstić information content (AvgIpc) is 2.53. The molecule has 2 heteroatoms. The molecule has 0 aliphatic carbocycles. The Bertz CT molecular complexity index is 746. The van der Waals surface area contributed by atoms with E-state index in [-0.39, 0.29) is 11.9 Å². The summed E-state index contributed by atoms with van der Waals surface area (Å²) < 4.78 is 14.0. The van der Waals surface area contributed by atoms with Crippen LogP contribution in [0.25, 0.3) is 10.8 Å². The Morgan fingerprint density at radius 1 is 0.905 bits per heavy atom. The van der Waals surface area contributed by atoms with Gasteiger partial charge in [0.1, 0.15) is 5.82 Å². The van der Waals surface area contributed by atoms with Crippen molar-refractivity contribution in [3.63, 3.8) is 0 Å². The second kappa shape index (κ2) is 6.06. The van der Waals surface area contributed by atoms with Crippen LogP contribution >= 0.6 is 0 Å². The predicted molar refractivity (Wildman–Crippen MR) is 85.9 cm³/mol. The molecule has 3 rings (SSSR count). The molecule has 1 atom stereocenters. The van der Waals surface area contributed by atoms with E-state index in [4.69, 9.17) is 0 Å². The van der Waals surface area contributed by atoms with Gasteiger partial charge in [-0.1, -0.05) is 60.7 Å². The van der Waals surface area contributed by atoms with E-state index < -0.39 is 0 Å². The molecule has 3 aromatic carbocycles. The number of rotatable bonds is 4. The summed E-state index contributed by atoms with van der Waals surface area (Å²) in [4.78, 5) is 0. The second-order valence-corrected chi connectivity index (χ2v) is 5.21. The topological polar surface area (TPSA) is 12.0 Å². The molecule has 0 bridgehead atoms.